The first-order valence-corrected chi connectivity index (χ1v) is 7.65. The molecule has 2 atom stereocenters. The zero-order valence-electron chi connectivity index (χ0n) is 11.2. The molecular weight excluding hydrogens is 242 g/mol. The fraction of sp³-hybridized carbons (Fsp3) is 0.600. The molecule has 2 aliphatic heterocycles. The molecule has 0 unspecified atom stereocenters. The number of piperidine rings is 1. The second-order valence-corrected chi connectivity index (χ2v) is 6.81. The molecule has 0 aliphatic carbocycles. The topological polar surface area (TPSA) is 21.3 Å². The maximum absolute atomic E-state index is 5.81. The molecule has 1 aromatic rings. The van der Waals surface area contributed by atoms with Gasteiger partial charge in [-0.2, -0.15) is 0 Å². The highest BCUT2D eigenvalue weighted by atomic mass is 32.2. The van der Waals surface area contributed by atoms with E-state index in [1.807, 2.05) is 11.8 Å². The van der Waals surface area contributed by atoms with Crippen LogP contribution < -0.4 is 5.32 Å². The van der Waals surface area contributed by atoms with Crippen LogP contribution in [0.15, 0.2) is 29.2 Å². The van der Waals surface area contributed by atoms with Crippen molar-refractivity contribution in [2.24, 2.45) is 0 Å². The van der Waals surface area contributed by atoms with Gasteiger partial charge in [0.05, 0.1) is 16.9 Å². The van der Waals surface area contributed by atoms with Crippen molar-refractivity contribution in [1.29, 1.82) is 0 Å². The molecule has 0 radical (unpaired) electrons. The Morgan fingerprint density at radius 2 is 2.22 bits per heavy atom. The van der Waals surface area contributed by atoms with Crippen LogP contribution in [0.3, 0.4) is 0 Å². The molecule has 18 heavy (non-hydrogen) atoms. The van der Waals surface area contributed by atoms with E-state index in [-0.39, 0.29) is 10.3 Å². The van der Waals surface area contributed by atoms with Gasteiger partial charge in [-0.3, -0.25) is 0 Å². The maximum atomic E-state index is 5.81. The number of rotatable bonds is 3. The zero-order valence-corrected chi connectivity index (χ0v) is 12.0. The molecule has 0 saturated carbocycles. The number of nitrogens with one attached hydrogen (secondary N) is 1. The van der Waals surface area contributed by atoms with Crippen LogP contribution in [0.5, 0.6) is 0 Å². The van der Waals surface area contributed by atoms with Crippen LogP contribution in [0, 0.1) is 0 Å². The van der Waals surface area contributed by atoms with Crippen molar-refractivity contribution in [2.75, 3.05) is 19.8 Å². The largest absolute Gasteiger partial charge is 0.380 e. The molecule has 3 rings (SSSR count). The predicted molar refractivity (Wildman–Crippen MR) is 76.1 cm³/mol. The molecular formula is C15H21NOS. The average molecular weight is 263 g/mol. The first-order valence-electron chi connectivity index (χ1n) is 6.83. The van der Waals surface area contributed by atoms with Crippen LogP contribution in [-0.2, 0) is 10.3 Å². The van der Waals surface area contributed by atoms with E-state index in [4.69, 9.17) is 4.74 Å². The quantitative estimate of drug-likeness (QED) is 0.905. The van der Waals surface area contributed by atoms with Crippen molar-refractivity contribution in [2.45, 2.75) is 41.9 Å². The average Bonchev–Trinajstić information content (AvgIpc) is 2.66. The van der Waals surface area contributed by atoms with Crippen molar-refractivity contribution in [3.63, 3.8) is 0 Å². The summed E-state index contributed by atoms with van der Waals surface area (Å²) in [5.41, 5.74) is 1.51. The lowest BCUT2D eigenvalue weighted by atomic mass is 9.74. The van der Waals surface area contributed by atoms with Crippen molar-refractivity contribution in [1.82, 2.24) is 5.32 Å². The summed E-state index contributed by atoms with van der Waals surface area (Å²) in [4.78, 5) is 1.43. The Labute approximate surface area is 113 Å². The molecule has 1 fully saturated rings. The van der Waals surface area contributed by atoms with Crippen LogP contribution in [0.2, 0.25) is 0 Å². The van der Waals surface area contributed by atoms with Crippen LogP contribution in [0.25, 0.3) is 0 Å². The van der Waals surface area contributed by atoms with E-state index in [0.29, 0.717) is 0 Å². The van der Waals surface area contributed by atoms with Gasteiger partial charge in [0.1, 0.15) is 0 Å². The molecule has 0 aromatic heterocycles. The maximum Gasteiger partial charge on any atom is 0.0661 e. The monoisotopic (exact) mass is 263 g/mol. The van der Waals surface area contributed by atoms with Crippen molar-refractivity contribution in [3.05, 3.63) is 29.8 Å². The summed E-state index contributed by atoms with van der Waals surface area (Å²) >= 11 is 2.02. The Bertz CT molecular complexity index is 450. The Hall–Kier alpha value is -0.510. The third-order valence-electron chi connectivity index (χ3n) is 4.42. The molecule has 1 saturated heterocycles. The molecule has 0 spiro atoms. The Morgan fingerprint density at radius 1 is 1.39 bits per heavy atom. The van der Waals surface area contributed by atoms with Crippen molar-refractivity contribution < 1.29 is 4.74 Å². The normalized spacial score (nSPS) is 34.1. The van der Waals surface area contributed by atoms with Gasteiger partial charge in [-0.1, -0.05) is 18.2 Å². The highest BCUT2D eigenvalue weighted by Gasteiger charge is 2.56. The van der Waals surface area contributed by atoms with Crippen LogP contribution >= 0.6 is 11.8 Å². The highest BCUT2D eigenvalue weighted by molar-refractivity contribution is 8.01. The summed E-state index contributed by atoms with van der Waals surface area (Å²) in [5.74, 6) is 0. The third kappa shape index (κ3) is 1.64. The second-order valence-electron chi connectivity index (χ2n) is 5.38. The predicted octanol–water partition coefficient (Wildman–Crippen LogP) is 3.17. The van der Waals surface area contributed by atoms with Gasteiger partial charge < -0.3 is 10.1 Å². The minimum absolute atomic E-state index is 0.0572. The summed E-state index contributed by atoms with van der Waals surface area (Å²) in [6, 6.07) is 8.81. The number of thioether (sulfide) groups is 1. The molecule has 2 nitrogen and oxygen atoms in total. The summed E-state index contributed by atoms with van der Waals surface area (Å²) < 4.78 is 5.98. The third-order valence-corrected chi connectivity index (χ3v) is 6.11. The van der Waals surface area contributed by atoms with Gasteiger partial charge in [-0.05, 0) is 44.9 Å². The Kier molecular flexibility index (Phi) is 3.16. The molecule has 3 heteroatoms. The fourth-order valence-corrected chi connectivity index (χ4v) is 5.03. The number of fused-ring (bicyclic) bond motifs is 3. The van der Waals surface area contributed by atoms with Crippen LogP contribution in [0.1, 0.15) is 32.3 Å². The SMILES string of the molecule is CCOC[C@]12CCCN[C@@]1(C)c1ccccc1S2. The van der Waals surface area contributed by atoms with Gasteiger partial charge in [0.2, 0.25) is 0 Å². The summed E-state index contributed by atoms with van der Waals surface area (Å²) in [6.07, 6.45) is 2.47. The standard InChI is InChI=1S/C15H21NOS/c1-3-17-11-15-9-6-10-16-14(15,2)12-7-4-5-8-13(12)18-15/h4-5,7-8,16H,3,6,9-11H2,1-2H3/t14-,15+/m0/s1. The molecule has 0 bridgehead atoms. The first-order chi connectivity index (χ1) is 8.72. The second kappa shape index (κ2) is 4.55. The number of ether oxygens (including phenoxy) is 1. The lowest BCUT2D eigenvalue weighted by Gasteiger charge is -2.47. The van der Waals surface area contributed by atoms with Crippen molar-refractivity contribution in [3.8, 4) is 0 Å². The van der Waals surface area contributed by atoms with Gasteiger partial charge in [0.15, 0.2) is 0 Å². The number of benzene rings is 1. The van der Waals surface area contributed by atoms with E-state index < -0.39 is 0 Å². The molecule has 0 amide bonds. The Balaban J connectivity index is 2.03. The lowest BCUT2D eigenvalue weighted by Crippen LogP contribution is -2.59. The molecule has 98 valence electrons. The number of hydrogen-bond acceptors (Lipinski definition) is 3. The minimum Gasteiger partial charge on any atom is -0.380 e. The van der Waals surface area contributed by atoms with Gasteiger partial charge in [-0.15, -0.1) is 11.8 Å². The van der Waals surface area contributed by atoms with Gasteiger partial charge >= 0.3 is 0 Å². The molecule has 1 N–H and O–H groups in total. The molecule has 1 aromatic carbocycles. The number of hydrogen-bond donors (Lipinski definition) is 1. The Morgan fingerprint density at radius 3 is 3.06 bits per heavy atom. The van der Waals surface area contributed by atoms with Gasteiger partial charge in [0, 0.05) is 11.5 Å². The van der Waals surface area contributed by atoms with E-state index in [1.54, 1.807) is 0 Å². The van der Waals surface area contributed by atoms with Crippen molar-refractivity contribution >= 4 is 11.8 Å². The van der Waals surface area contributed by atoms with Crippen LogP contribution in [0.4, 0.5) is 0 Å². The van der Waals surface area contributed by atoms with Gasteiger partial charge in [0.25, 0.3) is 0 Å². The smallest absolute Gasteiger partial charge is 0.0661 e. The zero-order chi connectivity index (χ0) is 12.6. The van der Waals surface area contributed by atoms with E-state index in [0.717, 1.165) is 19.8 Å². The minimum atomic E-state index is 0.0572. The highest BCUT2D eigenvalue weighted by Crippen LogP contribution is 2.58. The molecule has 2 aliphatic rings. The summed E-state index contributed by atoms with van der Waals surface area (Å²) in [5, 5.41) is 3.76. The van der Waals surface area contributed by atoms with E-state index in [2.05, 4.69) is 43.4 Å². The summed E-state index contributed by atoms with van der Waals surface area (Å²) in [6.45, 7) is 7.18. The van der Waals surface area contributed by atoms with Crippen LogP contribution in [-0.4, -0.2) is 24.5 Å². The van der Waals surface area contributed by atoms with E-state index >= 15 is 0 Å². The van der Waals surface area contributed by atoms with E-state index in [1.165, 1.54) is 23.3 Å². The summed E-state index contributed by atoms with van der Waals surface area (Å²) in [7, 11) is 0. The van der Waals surface area contributed by atoms with E-state index in [9.17, 15) is 0 Å². The first kappa shape index (κ1) is 12.5. The fourth-order valence-electron chi connectivity index (χ4n) is 3.31. The van der Waals surface area contributed by atoms with Gasteiger partial charge in [-0.25, -0.2) is 0 Å². The molecule has 2 heterocycles. The lowest BCUT2D eigenvalue weighted by molar-refractivity contribution is 0.0706.